The first kappa shape index (κ1) is 20.5. The van der Waals surface area contributed by atoms with E-state index in [4.69, 9.17) is 4.74 Å². The summed E-state index contributed by atoms with van der Waals surface area (Å²) in [5.74, 6) is 0.0118. The molecule has 0 aromatic heterocycles. The molecule has 1 saturated heterocycles. The van der Waals surface area contributed by atoms with Gasteiger partial charge in [-0.25, -0.2) is 0 Å². The smallest absolute Gasteiger partial charge is 0.251 e. The van der Waals surface area contributed by atoms with Crippen LogP contribution < -0.4 is 10.1 Å². The summed E-state index contributed by atoms with van der Waals surface area (Å²) in [6.45, 7) is 2.30. The van der Waals surface area contributed by atoms with E-state index in [-0.39, 0.29) is 50.3 Å². The number of rotatable bonds is 8. The lowest BCUT2D eigenvalue weighted by atomic mass is 10.1. The molecule has 1 unspecified atom stereocenters. The molecular weight excluding hydrogens is 372 g/mol. The Labute approximate surface area is 169 Å². The maximum Gasteiger partial charge on any atom is 0.251 e. The van der Waals surface area contributed by atoms with Crippen LogP contribution in [0, 0.1) is 6.92 Å². The SMILES string of the molecule is Cc1cccc(OCC(O)CNC(=O)c2ccc(CN3C(=O)CCC3=O)cc2)c1. The number of hydrogen-bond donors (Lipinski definition) is 2. The standard InChI is InChI=1S/C22H24N2O5/c1-15-3-2-4-19(11-15)29-14-18(25)12-23-22(28)17-7-5-16(6-8-17)13-24-20(26)9-10-21(24)27/h2-8,11,18,25H,9-10,12-14H2,1H3,(H,23,28). The molecule has 2 aromatic rings. The highest BCUT2D eigenvalue weighted by atomic mass is 16.5. The Morgan fingerprint density at radius 3 is 2.48 bits per heavy atom. The van der Waals surface area contributed by atoms with Gasteiger partial charge >= 0.3 is 0 Å². The van der Waals surface area contributed by atoms with Crippen LogP contribution >= 0.6 is 0 Å². The molecule has 3 amide bonds. The summed E-state index contributed by atoms with van der Waals surface area (Å²) in [5.41, 5.74) is 2.27. The van der Waals surface area contributed by atoms with Crippen molar-refractivity contribution in [1.29, 1.82) is 0 Å². The van der Waals surface area contributed by atoms with Crippen molar-refractivity contribution in [2.75, 3.05) is 13.2 Å². The van der Waals surface area contributed by atoms with Gasteiger partial charge in [0.1, 0.15) is 18.5 Å². The monoisotopic (exact) mass is 396 g/mol. The van der Waals surface area contributed by atoms with Gasteiger partial charge in [-0.2, -0.15) is 0 Å². The molecule has 1 atom stereocenters. The Bertz CT molecular complexity index is 878. The first-order chi connectivity index (χ1) is 13.9. The fourth-order valence-electron chi connectivity index (χ4n) is 3.01. The lowest BCUT2D eigenvalue weighted by Gasteiger charge is -2.15. The van der Waals surface area contributed by atoms with E-state index in [2.05, 4.69) is 5.32 Å². The second-order valence-electron chi connectivity index (χ2n) is 7.06. The normalized spacial score (nSPS) is 14.8. The molecule has 1 aliphatic heterocycles. The number of amides is 3. The number of hydrogen-bond acceptors (Lipinski definition) is 5. The highest BCUT2D eigenvalue weighted by Gasteiger charge is 2.28. The van der Waals surface area contributed by atoms with Gasteiger partial charge in [0.2, 0.25) is 11.8 Å². The number of nitrogens with one attached hydrogen (secondary N) is 1. The minimum absolute atomic E-state index is 0.0587. The molecule has 3 rings (SSSR count). The van der Waals surface area contributed by atoms with Crippen molar-refractivity contribution in [3.8, 4) is 5.75 Å². The molecule has 0 aliphatic carbocycles. The lowest BCUT2D eigenvalue weighted by Crippen LogP contribution is -2.35. The average molecular weight is 396 g/mol. The summed E-state index contributed by atoms with van der Waals surface area (Å²) in [5, 5.41) is 12.7. The average Bonchev–Trinajstić information content (AvgIpc) is 3.03. The van der Waals surface area contributed by atoms with Crippen molar-refractivity contribution in [3.63, 3.8) is 0 Å². The van der Waals surface area contributed by atoms with Crippen LogP contribution in [0.5, 0.6) is 5.75 Å². The molecule has 7 heteroatoms. The third-order valence-electron chi connectivity index (χ3n) is 4.64. The van der Waals surface area contributed by atoms with Gasteiger partial charge in [-0.1, -0.05) is 24.3 Å². The number of imide groups is 1. The second kappa shape index (κ2) is 9.34. The van der Waals surface area contributed by atoms with E-state index >= 15 is 0 Å². The van der Waals surface area contributed by atoms with Gasteiger partial charge in [0.15, 0.2) is 0 Å². The molecule has 1 aliphatic rings. The predicted octanol–water partition coefficient (Wildman–Crippen LogP) is 1.81. The molecule has 1 fully saturated rings. The Kier molecular flexibility index (Phi) is 6.61. The van der Waals surface area contributed by atoms with E-state index in [1.54, 1.807) is 24.3 Å². The van der Waals surface area contributed by atoms with Gasteiger partial charge in [0.25, 0.3) is 5.91 Å². The largest absolute Gasteiger partial charge is 0.491 e. The van der Waals surface area contributed by atoms with Crippen molar-refractivity contribution in [2.45, 2.75) is 32.4 Å². The summed E-state index contributed by atoms with van der Waals surface area (Å²) in [6, 6.07) is 14.2. The zero-order chi connectivity index (χ0) is 20.8. The van der Waals surface area contributed by atoms with Crippen LogP contribution in [-0.2, 0) is 16.1 Å². The van der Waals surface area contributed by atoms with Crippen LogP contribution in [-0.4, -0.2) is 47.0 Å². The maximum atomic E-state index is 12.2. The van der Waals surface area contributed by atoms with Crippen molar-refractivity contribution >= 4 is 17.7 Å². The highest BCUT2D eigenvalue weighted by molar-refractivity contribution is 6.01. The van der Waals surface area contributed by atoms with E-state index in [0.717, 1.165) is 11.1 Å². The topological polar surface area (TPSA) is 95.9 Å². The van der Waals surface area contributed by atoms with Crippen LogP contribution in [0.25, 0.3) is 0 Å². The summed E-state index contributed by atoms with van der Waals surface area (Å²) in [6.07, 6.45) is -0.323. The number of aliphatic hydroxyl groups excluding tert-OH is 1. The van der Waals surface area contributed by atoms with Gasteiger partial charge < -0.3 is 15.2 Å². The van der Waals surface area contributed by atoms with Crippen molar-refractivity contribution in [1.82, 2.24) is 10.2 Å². The molecule has 7 nitrogen and oxygen atoms in total. The minimum Gasteiger partial charge on any atom is -0.491 e. The highest BCUT2D eigenvalue weighted by Crippen LogP contribution is 2.16. The lowest BCUT2D eigenvalue weighted by molar-refractivity contribution is -0.139. The number of carbonyl (C=O) groups excluding carboxylic acids is 3. The molecule has 2 aromatic carbocycles. The van der Waals surface area contributed by atoms with Gasteiger partial charge in [-0.15, -0.1) is 0 Å². The first-order valence-electron chi connectivity index (χ1n) is 9.50. The fourth-order valence-corrected chi connectivity index (χ4v) is 3.01. The molecule has 152 valence electrons. The molecule has 29 heavy (non-hydrogen) atoms. The van der Waals surface area contributed by atoms with Crippen molar-refractivity contribution in [2.24, 2.45) is 0 Å². The number of ether oxygens (including phenoxy) is 1. The van der Waals surface area contributed by atoms with Crippen molar-refractivity contribution < 1.29 is 24.2 Å². The molecule has 0 bridgehead atoms. The van der Waals surface area contributed by atoms with E-state index in [0.29, 0.717) is 11.3 Å². The molecule has 1 heterocycles. The Morgan fingerprint density at radius 1 is 1.14 bits per heavy atom. The number of likely N-dealkylation sites (tertiary alicyclic amines) is 1. The van der Waals surface area contributed by atoms with Crippen LogP contribution in [0.1, 0.15) is 34.3 Å². The molecule has 0 radical (unpaired) electrons. The Hall–Kier alpha value is -3.19. The number of aryl methyl sites for hydroxylation is 1. The van der Waals surface area contributed by atoms with Gasteiger partial charge in [-0.05, 0) is 42.3 Å². The summed E-state index contributed by atoms with van der Waals surface area (Å²) in [7, 11) is 0. The van der Waals surface area contributed by atoms with Crippen LogP contribution in [0.3, 0.4) is 0 Å². The third kappa shape index (κ3) is 5.65. The van der Waals surface area contributed by atoms with Crippen molar-refractivity contribution in [3.05, 3.63) is 65.2 Å². The summed E-state index contributed by atoms with van der Waals surface area (Å²) < 4.78 is 5.52. The van der Waals surface area contributed by atoms with E-state index < -0.39 is 6.10 Å². The Morgan fingerprint density at radius 2 is 1.83 bits per heavy atom. The first-order valence-corrected chi connectivity index (χ1v) is 9.50. The molecule has 0 spiro atoms. The molecular formula is C22H24N2O5. The van der Waals surface area contributed by atoms with Gasteiger partial charge in [0.05, 0.1) is 6.54 Å². The van der Waals surface area contributed by atoms with E-state index in [9.17, 15) is 19.5 Å². The third-order valence-corrected chi connectivity index (χ3v) is 4.64. The summed E-state index contributed by atoms with van der Waals surface area (Å²) >= 11 is 0. The predicted molar refractivity (Wildman–Crippen MR) is 106 cm³/mol. The van der Waals surface area contributed by atoms with Gasteiger partial charge in [-0.3, -0.25) is 19.3 Å². The number of nitrogens with zero attached hydrogens (tertiary/aromatic N) is 1. The number of carbonyl (C=O) groups is 3. The molecule has 2 N–H and O–H groups in total. The zero-order valence-electron chi connectivity index (χ0n) is 16.3. The molecule has 0 saturated carbocycles. The second-order valence-corrected chi connectivity index (χ2v) is 7.06. The fraction of sp³-hybridized carbons (Fsp3) is 0.318. The quantitative estimate of drug-likeness (QED) is 0.664. The number of aliphatic hydroxyl groups is 1. The maximum absolute atomic E-state index is 12.2. The van der Waals surface area contributed by atoms with Gasteiger partial charge in [0, 0.05) is 24.9 Å². The Balaban J connectivity index is 1.45. The summed E-state index contributed by atoms with van der Waals surface area (Å²) in [4.78, 5) is 36.8. The van der Waals surface area contributed by atoms with Crippen LogP contribution in [0.15, 0.2) is 48.5 Å². The minimum atomic E-state index is -0.842. The van der Waals surface area contributed by atoms with E-state index in [1.165, 1.54) is 4.90 Å². The number of benzene rings is 2. The van der Waals surface area contributed by atoms with Crippen LogP contribution in [0.4, 0.5) is 0 Å². The van der Waals surface area contributed by atoms with Crippen LogP contribution in [0.2, 0.25) is 0 Å². The van der Waals surface area contributed by atoms with E-state index in [1.807, 2.05) is 31.2 Å². The zero-order valence-corrected chi connectivity index (χ0v) is 16.3.